The van der Waals surface area contributed by atoms with E-state index >= 15 is 0 Å². The Kier molecular flexibility index (Phi) is 4.94. The highest BCUT2D eigenvalue weighted by atomic mass is 16.5. The van der Waals surface area contributed by atoms with E-state index in [0.717, 1.165) is 6.42 Å². The maximum Gasteiger partial charge on any atom is 0.217 e. The second-order valence-electron chi connectivity index (χ2n) is 2.26. The molecule has 0 fully saturated rings. The first-order valence-electron chi connectivity index (χ1n) is 3.46. The molecule has 0 spiro atoms. The molecule has 0 heterocycles. The third-order valence-corrected chi connectivity index (χ3v) is 1.27. The van der Waals surface area contributed by atoms with Gasteiger partial charge in [0.25, 0.3) is 0 Å². The van der Waals surface area contributed by atoms with Gasteiger partial charge in [0.05, 0.1) is 12.6 Å². The SMILES string of the molecule is CCC(COC)NC(C)=O. The zero-order valence-corrected chi connectivity index (χ0v) is 6.81. The van der Waals surface area contributed by atoms with Crippen LogP contribution in [0.4, 0.5) is 0 Å². The number of hydrogen-bond acceptors (Lipinski definition) is 2. The number of methoxy groups -OCH3 is 1. The third kappa shape index (κ3) is 4.32. The molecule has 0 saturated carbocycles. The Morgan fingerprint density at radius 1 is 1.70 bits per heavy atom. The van der Waals surface area contributed by atoms with Gasteiger partial charge >= 0.3 is 0 Å². The standard InChI is InChI=1S/C7H15NO2/c1-4-7(5-10-3)8-6(2)9/h7H,4-5H2,1-3H3,(H,8,9). The molecule has 3 nitrogen and oxygen atoms in total. The van der Waals surface area contributed by atoms with Crippen molar-refractivity contribution in [1.29, 1.82) is 0 Å². The van der Waals surface area contributed by atoms with E-state index < -0.39 is 0 Å². The molecule has 60 valence electrons. The number of ether oxygens (including phenoxy) is 1. The van der Waals surface area contributed by atoms with Crippen molar-refractivity contribution in [3.8, 4) is 0 Å². The highest BCUT2D eigenvalue weighted by Crippen LogP contribution is 1.89. The lowest BCUT2D eigenvalue weighted by Gasteiger charge is -2.13. The minimum Gasteiger partial charge on any atom is -0.383 e. The number of nitrogens with one attached hydrogen (secondary N) is 1. The van der Waals surface area contributed by atoms with Crippen LogP contribution in [0.25, 0.3) is 0 Å². The lowest BCUT2D eigenvalue weighted by atomic mass is 10.2. The molecule has 0 aliphatic rings. The van der Waals surface area contributed by atoms with Crippen LogP contribution in [0, 0.1) is 0 Å². The molecule has 0 aliphatic carbocycles. The molecule has 0 aromatic rings. The van der Waals surface area contributed by atoms with Gasteiger partial charge in [-0.05, 0) is 6.42 Å². The second-order valence-corrected chi connectivity index (χ2v) is 2.26. The zero-order chi connectivity index (χ0) is 7.98. The first-order valence-corrected chi connectivity index (χ1v) is 3.46. The van der Waals surface area contributed by atoms with Crippen molar-refractivity contribution in [1.82, 2.24) is 5.32 Å². The van der Waals surface area contributed by atoms with Gasteiger partial charge in [-0.25, -0.2) is 0 Å². The Morgan fingerprint density at radius 3 is 2.60 bits per heavy atom. The molecule has 1 atom stereocenters. The van der Waals surface area contributed by atoms with E-state index in [4.69, 9.17) is 4.74 Å². The van der Waals surface area contributed by atoms with E-state index in [2.05, 4.69) is 5.32 Å². The molecule has 0 aromatic carbocycles. The monoisotopic (exact) mass is 145 g/mol. The van der Waals surface area contributed by atoms with Crippen LogP contribution in [-0.2, 0) is 9.53 Å². The van der Waals surface area contributed by atoms with Crippen LogP contribution < -0.4 is 5.32 Å². The first-order chi connectivity index (χ1) is 4.70. The van der Waals surface area contributed by atoms with Crippen molar-refractivity contribution >= 4 is 5.91 Å². The Balaban J connectivity index is 3.49. The Labute approximate surface area is 61.8 Å². The summed E-state index contributed by atoms with van der Waals surface area (Å²) in [5.74, 6) is 0.00361. The van der Waals surface area contributed by atoms with Crippen LogP contribution in [0.5, 0.6) is 0 Å². The van der Waals surface area contributed by atoms with Crippen LogP contribution >= 0.6 is 0 Å². The van der Waals surface area contributed by atoms with Gasteiger partial charge in [-0.1, -0.05) is 6.92 Å². The Hall–Kier alpha value is -0.570. The summed E-state index contributed by atoms with van der Waals surface area (Å²) in [7, 11) is 1.63. The van der Waals surface area contributed by atoms with Crippen molar-refractivity contribution in [2.24, 2.45) is 0 Å². The average Bonchev–Trinajstić information content (AvgIpc) is 1.86. The van der Waals surface area contributed by atoms with Gasteiger partial charge in [0, 0.05) is 14.0 Å². The van der Waals surface area contributed by atoms with Gasteiger partial charge < -0.3 is 10.1 Å². The minimum atomic E-state index is 0.00361. The van der Waals surface area contributed by atoms with Crippen LogP contribution in [0.1, 0.15) is 20.3 Å². The molecule has 0 radical (unpaired) electrons. The normalized spacial score (nSPS) is 12.7. The van der Waals surface area contributed by atoms with Gasteiger partial charge in [0.1, 0.15) is 0 Å². The van der Waals surface area contributed by atoms with Crippen molar-refractivity contribution in [3.63, 3.8) is 0 Å². The summed E-state index contributed by atoms with van der Waals surface area (Å²) >= 11 is 0. The predicted octanol–water partition coefficient (Wildman–Crippen LogP) is 0.547. The Bertz CT molecular complexity index is 104. The predicted molar refractivity (Wildman–Crippen MR) is 39.8 cm³/mol. The van der Waals surface area contributed by atoms with Crippen molar-refractivity contribution < 1.29 is 9.53 Å². The number of hydrogen-bond donors (Lipinski definition) is 1. The fraction of sp³-hybridized carbons (Fsp3) is 0.857. The highest BCUT2D eigenvalue weighted by molar-refractivity contribution is 5.73. The number of carbonyl (C=O) groups excluding carboxylic acids is 1. The van der Waals surface area contributed by atoms with Gasteiger partial charge in [-0.15, -0.1) is 0 Å². The molecule has 0 bridgehead atoms. The lowest BCUT2D eigenvalue weighted by molar-refractivity contribution is -0.120. The van der Waals surface area contributed by atoms with Crippen molar-refractivity contribution in [2.75, 3.05) is 13.7 Å². The fourth-order valence-electron chi connectivity index (χ4n) is 0.750. The molecule has 3 heteroatoms. The third-order valence-electron chi connectivity index (χ3n) is 1.27. The fourth-order valence-corrected chi connectivity index (χ4v) is 0.750. The van der Waals surface area contributed by atoms with Crippen LogP contribution in [0.15, 0.2) is 0 Å². The van der Waals surface area contributed by atoms with Crippen molar-refractivity contribution in [2.45, 2.75) is 26.3 Å². The molecule has 10 heavy (non-hydrogen) atoms. The van der Waals surface area contributed by atoms with Crippen LogP contribution in [0.2, 0.25) is 0 Å². The summed E-state index contributed by atoms with van der Waals surface area (Å²) in [6, 6.07) is 0.169. The lowest BCUT2D eigenvalue weighted by Crippen LogP contribution is -2.35. The van der Waals surface area contributed by atoms with E-state index in [-0.39, 0.29) is 11.9 Å². The zero-order valence-electron chi connectivity index (χ0n) is 6.81. The molecule has 0 rings (SSSR count). The molecule has 1 N–H and O–H groups in total. The van der Waals surface area contributed by atoms with Crippen LogP contribution in [0.3, 0.4) is 0 Å². The van der Waals surface area contributed by atoms with E-state index in [1.165, 1.54) is 6.92 Å². The molecule has 1 amide bonds. The van der Waals surface area contributed by atoms with Gasteiger partial charge in [0.2, 0.25) is 5.91 Å². The number of amides is 1. The van der Waals surface area contributed by atoms with Crippen molar-refractivity contribution in [3.05, 3.63) is 0 Å². The van der Waals surface area contributed by atoms with Gasteiger partial charge in [-0.2, -0.15) is 0 Å². The summed E-state index contributed by atoms with van der Waals surface area (Å²) in [5, 5.41) is 2.77. The topological polar surface area (TPSA) is 38.3 Å². The second kappa shape index (κ2) is 5.23. The first kappa shape index (κ1) is 9.43. The minimum absolute atomic E-state index is 0.00361. The van der Waals surface area contributed by atoms with Crippen LogP contribution in [-0.4, -0.2) is 25.7 Å². The summed E-state index contributed by atoms with van der Waals surface area (Å²) in [5.41, 5.74) is 0. The molecule has 0 saturated heterocycles. The number of carbonyl (C=O) groups is 1. The largest absolute Gasteiger partial charge is 0.383 e. The van der Waals surface area contributed by atoms with E-state index in [1.54, 1.807) is 7.11 Å². The molecular weight excluding hydrogens is 130 g/mol. The van der Waals surface area contributed by atoms with Gasteiger partial charge in [0.15, 0.2) is 0 Å². The summed E-state index contributed by atoms with van der Waals surface area (Å²) in [4.78, 5) is 10.5. The summed E-state index contributed by atoms with van der Waals surface area (Å²) in [6.07, 6.45) is 0.910. The maximum absolute atomic E-state index is 10.5. The maximum atomic E-state index is 10.5. The molecular formula is C7H15NO2. The summed E-state index contributed by atoms with van der Waals surface area (Å²) < 4.78 is 4.88. The van der Waals surface area contributed by atoms with E-state index in [0.29, 0.717) is 6.61 Å². The molecule has 0 aliphatic heterocycles. The van der Waals surface area contributed by atoms with E-state index in [1.807, 2.05) is 6.92 Å². The van der Waals surface area contributed by atoms with Gasteiger partial charge in [-0.3, -0.25) is 4.79 Å². The summed E-state index contributed by atoms with van der Waals surface area (Å²) in [6.45, 7) is 4.12. The average molecular weight is 145 g/mol. The van der Waals surface area contributed by atoms with E-state index in [9.17, 15) is 4.79 Å². The molecule has 1 unspecified atom stereocenters. The number of rotatable bonds is 4. The Morgan fingerprint density at radius 2 is 2.30 bits per heavy atom. The highest BCUT2D eigenvalue weighted by Gasteiger charge is 2.04. The smallest absolute Gasteiger partial charge is 0.217 e. The molecule has 0 aromatic heterocycles. The quantitative estimate of drug-likeness (QED) is 0.627.